The van der Waals surface area contributed by atoms with Crippen LogP contribution >= 0.6 is 0 Å². The van der Waals surface area contributed by atoms with E-state index in [-0.39, 0.29) is 0 Å². The minimum Gasteiger partial charge on any atom is -0.383 e. The summed E-state index contributed by atoms with van der Waals surface area (Å²) >= 11 is 0. The maximum absolute atomic E-state index is 5.24. The minimum atomic E-state index is 0.430. The molecule has 1 unspecified atom stereocenters. The Morgan fingerprint density at radius 3 is 3.00 bits per heavy atom. The van der Waals surface area contributed by atoms with Gasteiger partial charge in [0.1, 0.15) is 0 Å². The molecule has 1 aromatic carbocycles. The first kappa shape index (κ1) is 14.0. The van der Waals surface area contributed by atoms with E-state index in [0.717, 1.165) is 25.1 Å². The van der Waals surface area contributed by atoms with E-state index in [2.05, 4.69) is 41.5 Å². The standard InChI is InChI=1S/C16H22N2O/c1-3-5-15(12-19-2)18-11-13-7-8-16-14(10-13)6-4-9-17-16/h4,6-10,15,18H,3,5,11-12H2,1-2H3. The average Bonchev–Trinajstić information content (AvgIpc) is 2.45. The molecule has 3 heteroatoms. The Balaban J connectivity index is 2.00. The highest BCUT2D eigenvalue weighted by atomic mass is 16.5. The summed E-state index contributed by atoms with van der Waals surface area (Å²) in [7, 11) is 1.76. The topological polar surface area (TPSA) is 34.1 Å². The highest BCUT2D eigenvalue weighted by molar-refractivity contribution is 5.78. The van der Waals surface area contributed by atoms with E-state index in [4.69, 9.17) is 4.74 Å². The fourth-order valence-corrected chi connectivity index (χ4v) is 2.29. The summed E-state index contributed by atoms with van der Waals surface area (Å²) < 4.78 is 5.24. The number of nitrogens with one attached hydrogen (secondary N) is 1. The van der Waals surface area contributed by atoms with Gasteiger partial charge in [0.05, 0.1) is 12.1 Å². The van der Waals surface area contributed by atoms with Gasteiger partial charge in [-0.15, -0.1) is 0 Å². The number of ether oxygens (including phenoxy) is 1. The van der Waals surface area contributed by atoms with Crippen LogP contribution in [0, 0.1) is 0 Å². The van der Waals surface area contributed by atoms with E-state index in [1.807, 2.05) is 12.3 Å². The molecule has 0 radical (unpaired) electrons. The molecular formula is C16H22N2O. The molecular weight excluding hydrogens is 236 g/mol. The molecule has 1 atom stereocenters. The fourth-order valence-electron chi connectivity index (χ4n) is 2.29. The van der Waals surface area contributed by atoms with Gasteiger partial charge in [-0.25, -0.2) is 0 Å². The Hall–Kier alpha value is -1.45. The maximum Gasteiger partial charge on any atom is 0.0702 e. The Morgan fingerprint density at radius 2 is 2.21 bits per heavy atom. The molecule has 0 amide bonds. The molecule has 3 nitrogen and oxygen atoms in total. The number of methoxy groups -OCH3 is 1. The van der Waals surface area contributed by atoms with Crippen molar-refractivity contribution >= 4 is 10.9 Å². The quantitative estimate of drug-likeness (QED) is 0.828. The Kier molecular flexibility index (Phi) is 5.31. The molecule has 2 rings (SSSR count). The van der Waals surface area contributed by atoms with Crippen LogP contribution in [-0.2, 0) is 11.3 Å². The van der Waals surface area contributed by atoms with Gasteiger partial charge in [-0.3, -0.25) is 4.98 Å². The average molecular weight is 258 g/mol. The molecule has 0 spiro atoms. The molecule has 19 heavy (non-hydrogen) atoms. The molecule has 0 aliphatic rings. The van der Waals surface area contributed by atoms with Gasteiger partial charge < -0.3 is 10.1 Å². The summed E-state index contributed by atoms with van der Waals surface area (Å²) in [6, 6.07) is 10.9. The van der Waals surface area contributed by atoms with Gasteiger partial charge in [0.15, 0.2) is 0 Å². The van der Waals surface area contributed by atoms with E-state index >= 15 is 0 Å². The molecule has 1 aromatic heterocycles. The van der Waals surface area contributed by atoms with Gasteiger partial charge in [-0.2, -0.15) is 0 Å². The number of benzene rings is 1. The lowest BCUT2D eigenvalue weighted by Gasteiger charge is -2.17. The second-order valence-corrected chi connectivity index (χ2v) is 4.85. The van der Waals surface area contributed by atoms with Crippen LogP contribution in [-0.4, -0.2) is 24.7 Å². The minimum absolute atomic E-state index is 0.430. The lowest BCUT2D eigenvalue weighted by atomic mass is 10.1. The predicted octanol–water partition coefficient (Wildman–Crippen LogP) is 3.14. The Labute approximate surface area is 115 Å². The zero-order valence-corrected chi connectivity index (χ0v) is 11.7. The number of nitrogens with zero attached hydrogens (tertiary/aromatic N) is 1. The first-order chi connectivity index (χ1) is 9.33. The van der Waals surface area contributed by atoms with Crippen LogP contribution in [0.25, 0.3) is 10.9 Å². The second-order valence-electron chi connectivity index (χ2n) is 4.85. The number of hydrogen-bond donors (Lipinski definition) is 1. The summed E-state index contributed by atoms with van der Waals surface area (Å²) in [5.74, 6) is 0. The van der Waals surface area contributed by atoms with E-state index in [9.17, 15) is 0 Å². The number of fused-ring (bicyclic) bond motifs is 1. The molecule has 0 bridgehead atoms. The van der Waals surface area contributed by atoms with Crippen LogP contribution in [0.15, 0.2) is 36.5 Å². The third kappa shape index (κ3) is 4.01. The van der Waals surface area contributed by atoms with Gasteiger partial charge in [-0.05, 0) is 30.2 Å². The Bertz CT molecular complexity index is 507. The van der Waals surface area contributed by atoms with Crippen molar-refractivity contribution < 1.29 is 4.74 Å². The third-order valence-electron chi connectivity index (χ3n) is 3.27. The zero-order chi connectivity index (χ0) is 13.5. The first-order valence-corrected chi connectivity index (χ1v) is 6.89. The monoisotopic (exact) mass is 258 g/mol. The highest BCUT2D eigenvalue weighted by Crippen LogP contribution is 2.13. The van der Waals surface area contributed by atoms with Gasteiger partial charge in [0.25, 0.3) is 0 Å². The van der Waals surface area contributed by atoms with E-state index in [0.29, 0.717) is 6.04 Å². The molecule has 0 saturated heterocycles. The van der Waals surface area contributed by atoms with Crippen molar-refractivity contribution in [2.75, 3.05) is 13.7 Å². The largest absolute Gasteiger partial charge is 0.383 e. The van der Waals surface area contributed by atoms with Crippen molar-refractivity contribution in [2.45, 2.75) is 32.4 Å². The van der Waals surface area contributed by atoms with Crippen molar-refractivity contribution in [3.63, 3.8) is 0 Å². The summed E-state index contributed by atoms with van der Waals surface area (Å²) in [6.45, 7) is 3.84. The summed E-state index contributed by atoms with van der Waals surface area (Å²) in [4.78, 5) is 4.34. The summed E-state index contributed by atoms with van der Waals surface area (Å²) in [6.07, 6.45) is 4.14. The first-order valence-electron chi connectivity index (χ1n) is 6.89. The van der Waals surface area contributed by atoms with E-state index < -0.39 is 0 Å². The van der Waals surface area contributed by atoms with Crippen LogP contribution in [0.4, 0.5) is 0 Å². The zero-order valence-electron chi connectivity index (χ0n) is 11.7. The number of hydrogen-bond acceptors (Lipinski definition) is 3. The molecule has 0 aliphatic heterocycles. The number of aromatic nitrogens is 1. The van der Waals surface area contributed by atoms with Crippen molar-refractivity contribution in [1.29, 1.82) is 0 Å². The van der Waals surface area contributed by atoms with Crippen LogP contribution in [0.2, 0.25) is 0 Å². The number of rotatable bonds is 7. The summed E-state index contributed by atoms with van der Waals surface area (Å²) in [5.41, 5.74) is 2.34. The van der Waals surface area contributed by atoms with E-state index in [1.54, 1.807) is 7.11 Å². The molecule has 0 saturated carbocycles. The molecule has 1 heterocycles. The normalized spacial score (nSPS) is 12.7. The smallest absolute Gasteiger partial charge is 0.0702 e. The Morgan fingerprint density at radius 1 is 1.32 bits per heavy atom. The van der Waals surface area contributed by atoms with Crippen LogP contribution in [0.5, 0.6) is 0 Å². The molecule has 0 aliphatic carbocycles. The molecule has 0 fully saturated rings. The molecule has 2 aromatic rings. The van der Waals surface area contributed by atoms with Gasteiger partial charge in [0, 0.05) is 31.3 Å². The van der Waals surface area contributed by atoms with Crippen molar-refractivity contribution in [1.82, 2.24) is 10.3 Å². The highest BCUT2D eigenvalue weighted by Gasteiger charge is 2.06. The molecule has 102 valence electrons. The van der Waals surface area contributed by atoms with E-state index in [1.165, 1.54) is 17.4 Å². The third-order valence-corrected chi connectivity index (χ3v) is 3.27. The second kappa shape index (κ2) is 7.22. The van der Waals surface area contributed by atoms with Crippen LogP contribution in [0.3, 0.4) is 0 Å². The SMILES string of the molecule is CCCC(COC)NCc1ccc2ncccc2c1. The van der Waals surface area contributed by atoms with Crippen molar-refractivity contribution in [2.24, 2.45) is 0 Å². The van der Waals surface area contributed by atoms with Crippen molar-refractivity contribution in [3.05, 3.63) is 42.1 Å². The van der Waals surface area contributed by atoms with Gasteiger partial charge in [0.2, 0.25) is 0 Å². The lowest BCUT2D eigenvalue weighted by Crippen LogP contribution is -2.32. The van der Waals surface area contributed by atoms with Crippen LogP contribution < -0.4 is 5.32 Å². The van der Waals surface area contributed by atoms with Gasteiger partial charge >= 0.3 is 0 Å². The predicted molar refractivity (Wildman–Crippen MR) is 79.2 cm³/mol. The van der Waals surface area contributed by atoms with Gasteiger partial charge in [-0.1, -0.05) is 25.5 Å². The van der Waals surface area contributed by atoms with Crippen LogP contribution in [0.1, 0.15) is 25.3 Å². The lowest BCUT2D eigenvalue weighted by molar-refractivity contribution is 0.161. The van der Waals surface area contributed by atoms with Crippen molar-refractivity contribution in [3.8, 4) is 0 Å². The number of pyridine rings is 1. The summed E-state index contributed by atoms with van der Waals surface area (Å²) in [5, 5.41) is 4.75. The fraction of sp³-hybridized carbons (Fsp3) is 0.438. The molecule has 1 N–H and O–H groups in total. The maximum atomic E-state index is 5.24.